The van der Waals surface area contributed by atoms with Crippen molar-refractivity contribution in [2.75, 3.05) is 6.61 Å². The van der Waals surface area contributed by atoms with Crippen molar-refractivity contribution in [3.05, 3.63) is 95.6 Å². The van der Waals surface area contributed by atoms with Crippen LogP contribution in [0.5, 0.6) is 0 Å². The summed E-state index contributed by atoms with van der Waals surface area (Å²) < 4.78 is 10.9. The average molecular weight is 474 g/mol. The standard InChI is InChI=1S/C28H27NO6/c1-18(2)25(26(30)31)29(27(32)34-16-19-10-4-3-5-11-19)28(33)35-17-24-22-14-8-6-12-20(22)21-13-7-9-15-23(21)24/h3-15,18,24-25H,16-17H2,1-2H3,(H,30,31)/t25-/m1/s1. The number of hydrogen-bond donors (Lipinski definition) is 1. The number of imide groups is 1. The summed E-state index contributed by atoms with van der Waals surface area (Å²) in [4.78, 5) is 38.7. The van der Waals surface area contributed by atoms with Crippen LogP contribution in [0.3, 0.4) is 0 Å². The van der Waals surface area contributed by atoms with Crippen molar-refractivity contribution in [1.29, 1.82) is 0 Å². The second-order valence-corrected chi connectivity index (χ2v) is 8.74. The number of aliphatic carboxylic acids is 1. The van der Waals surface area contributed by atoms with E-state index in [1.165, 1.54) is 0 Å². The van der Waals surface area contributed by atoms with Crippen molar-refractivity contribution in [1.82, 2.24) is 4.90 Å². The fraction of sp³-hybridized carbons (Fsp3) is 0.250. The summed E-state index contributed by atoms with van der Waals surface area (Å²) in [5, 5.41) is 9.78. The Bertz CT molecular complexity index is 1180. The Hall–Kier alpha value is -4.13. The first-order chi connectivity index (χ1) is 16.9. The van der Waals surface area contributed by atoms with E-state index in [1.54, 1.807) is 38.1 Å². The van der Waals surface area contributed by atoms with Crippen molar-refractivity contribution in [3.8, 4) is 11.1 Å². The number of hydrogen-bond acceptors (Lipinski definition) is 5. The number of carboxylic acids is 1. The molecular weight excluding hydrogens is 446 g/mol. The average Bonchev–Trinajstić information content (AvgIpc) is 3.18. The minimum absolute atomic E-state index is 0.0419. The highest BCUT2D eigenvalue weighted by Gasteiger charge is 2.40. The predicted molar refractivity (Wildman–Crippen MR) is 130 cm³/mol. The van der Waals surface area contributed by atoms with E-state index in [0.717, 1.165) is 22.3 Å². The van der Waals surface area contributed by atoms with Crippen molar-refractivity contribution in [3.63, 3.8) is 0 Å². The van der Waals surface area contributed by atoms with Crippen molar-refractivity contribution >= 4 is 18.2 Å². The molecule has 1 atom stereocenters. The number of nitrogens with zero attached hydrogens (tertiary/aromatic N) is 1. The Morgan fingerprint density at radius 2 is 1.31 bits per heavy atom. The molecule has 0 unspecified atom stereocenters. The Balaban J connectivity index is 1.54. The van der Waals surface area contributed by atoms with Gasteiger partial charge in [0, 0.05) is 5.92 Å². The van der Waals surface area contributed by atoms with Crippen LogP contribution in [0.25, 0.3) is 11.1 Å². The molecular formula is C28H27NO6. The summed E-state index contributed by atoms with van der Waals surface area (Å²) in [5.41, 5.74) is 4.86. The molecule has 4 rings (SSSR count). The van der Waals surface area contributed by atoms with Gasteiger partial charge in [0.15, 0.2) is 0 Å². The third-order valence-electron chi connectivity index (χ3n) is 6.10. The molecule has 35 heavy (non-hydrogen) atoms. The molecule has 3 aromatic carbocycles. The van der Waals surface area contributed by atoms with Crippen LogP contribution in [0.15, 0.2) is 78.9 Å². The zero-order valence-electron chi connectivity index (χ0n) is 19.6. The number of rotatable bonds is 7. The highest BCUT2D eigenvalue weighted by atomic mass is 16.6. The van der Waals surface area contributed by atoms with Crippen LogP contribution in [-0.2, 0) is 20.9 Å². The lowest BCUT2D eigenvalue weighted by Crippen LogP contribution is -2.51. The minimum Gasteiger partial charge on any atom is -0.480 e. The largest absolute Gasteiger partial charge is 0.480 e. The number of carboxylic acid groups (broad SMARTS) is 1. The van der Waals surface area contributed by atoms with Crippen LogP contribution >= 0.6 is 0 Å². The summed E-state index contributed by atoms with van der Waals surface area (Å²) in [5.74, 6) is -2.10. The quantitative estimate of drug-likeness (QED) is 0.474. The van der Waals surface area contributed by atoms with Crippen LogP contribution in [0.2, 0.25) is 0 Å². The van der Waals surface area contributed by atoms with Crippen LogP contribution in [0, 0.1) is 5.92 Å². The molecule has 0 saturated carbocycles. The van der Waals surface area contributed by atoms with Gasteiger partial charge in [-0.3, -0.25) is 0 Å². The van der Waals surface area contributed by atoms with Gasteiger partial charge in [0.25, 0.3) is 0 Å². The number of benzene rings is 3. The monoisotopic (exact) mass is 473 g/mol. The van der Waals surface area contributed by atoms with E-state index in [0.29, 0.717) is 10.5 Å². The van der Waals surface area contributed by atoms with Gasteiger partial charge >= 0.3 is 18.2 Å². The molecule has 7 heteroatoms. The van der Waals surface area contributed by atoms with Crippen molar-refractivity contribution < 1.29 is 29.0 Å². The van der Waals surface area contributed by atoms with Gasteiger partial charge in [0.2, 0.25) is 0 Å². The number of carbonyl (C=O) groups excluding carboxylic acids is 2. The molecule has 0 fully saturated rings. The van der Waals surface area contributed by atoms with Gasteiger partial charge < -0.3 is 14.6 Å². The molecule has 3 aromatic rings. The molecule has 0 heterocycles. The van der Waals surface area contributed by atoms with Crippen molar-refractivity contribution in [2.24, 2.45) is 5.92 Å². The van der Waals surface area contributed by atoms with E-state index in [2.05, 4.69) is 0 Å². The maximum Gasteiger partial charge on any atom is 0.420 e. The first-order valence-corrected chi connectivity index (χ1v) is 11.5. The van der Waals surface area contributed by atoms with Gasteiger partial charge in [-0.25, -0.2) is 14.4 Å². The van der Waals surface area contributed by atoms with Gasteiger partial charge in [-0.1, -0.05) is 92.7 Å². The summed E-state index contributed by atoms with van der Waals surface area (Å²) >= 11 is 0. The second-order valence-electron chi connectivity index (χ2n) is 8.74. The molecule has 0 bridgehead atoms. The first kappa shape index (κ1) is 24.0. The molecule has 0 saturated heterocycles. The summed E-state index contributed by atoms with van der Waals surface area (Å²) in [6, 6.07) is 23.3. The molecule has 0 spiro atoms. The van der Waals surface area contributed by atoms with Crippen LogP contribution in [0.4, 0.5) is 9.59 Å². The van der Waals surface area contributed by atoms with E-state index in [1.807, 2.05) is 54.6 Å². The van der Waals surface area contributed by atoms with E-state index >= 15 is 0 Å². The van der Waals surface area contributed by atoms with E-state index < -0.39 is 30.1 Å². The highest BCUT2D eigenvalue weighted by molar-refractivity contribution is 5.93. The molecule has 0 aromatic heterocycles. The van der Waals surface area contributed by atoms with Gasteiger partial charge in [-0.05, 0) is 33.7 Å². The van der Waals surface area contributed by atoms with Crippen molar-refractivity contribution in [2.45, 2.75) is 32.4 Å². The summed E-state index contributed by atoms with van der Waals surface area (Å²) in [6.07, 6.45) is -2.11. The molecule has 1 aliphatic rings. The number of ether oxygens (including phenoxy) is 2. The van der Waals surface area contributed by atoms with Gasteiger partial charge in [-0.15, -0.1) is 0 Å². The molecule has 0 aliphatic heterocycles. The van der Waals surface area contributed by atoms with Gasteiger partial charge in [-0.2, -0.15) is 4.90 Å². The van der Waals surface area contributed by atoms with E-state index in [9.17, 15) is 19.5 Å². The fourth-order valence-corrected chi connectivity index (χ4v) is 4.45. The smallest absolute Gasteiger partial charge is 0.420 e. The fourth-order valence-electron chi connectivity index (χ4n) is 4.45. The number of fused-ring (bicyclic) bond motifs is 3. The van der Waals surface area contributed by atoms with E-state index in [-0.39, 0.29) is 19.1 Å². The topological polar surface area (TPSA) is 93.1 Å². The zero-order chi connectivity index (χ0) is 24.9. The molecule has 2 amide bonds. The third-order valence-corrected chi connectivity index (χ3v) is 6.10. The van der Waals surface area contributed by atoms with Crippen LogP contribution in [0.1, 0.15) is 36.5 Å². The second kappa shape index (κ2) is 10.4. The predicted octanol–water partition coefficient (Wildman–Crippen LogP) is 5.68. The molecule has 1 aliphatic carbocycles. The van der Waals surface area contributed by atoms with Crippen LogP contribution < -0.4 is 0 Å². The summed E-state index contributed by atoms with van der Waals surface area (Å²) in [6.45, 7) is 3.09. The number of carbonyl (C=O) groups is 3. The Morgan fingerprint density at radius 1 is 0.800 bits per heavy atom. The normalized spacial score (nSPS) is 13.0. The SMILES string of the molecule is CC(C)[C@H](C(=O)O)N(C(=O)OCc1ccccc1)C(=O)OCC1c2ccccc2-c2ccccc21. The molecule has 7 nitrogen and oxygen atoms in total. The lowest BCUT2D eigenvalue weighted by molar-refractivity contribution is -0.143. The highest BCUT2D eigenvalue weighted by Crippen LogP contribution is 2.44. The minimum atomic E-state index is -1.44. The number of amides is 2. The molecule has 180 valence electrons. The maximum atomic E-state index is 13.2. The zero-order valence-corrected chi connectivity index (χ0v) is 19.6. The van der Waals surface area contributed by atoms with Gasteiger partial charge in [0.05, 0.1) is 0 Å². The lowest BCUT2D eigenvalue weighted by Gasteiger charge is -2.28. The maximum absolute atomic E-state index is 13.2. The Kier molecular flexibility index (Phi) is 7.15. The first-order valence-electron chi connectivity index (χ1n) is 11.5. The van der Waals surface area contributed by atoms with E-state index in [4.69, 9.17) is 9.47 Å². The third kappa shape index (κ3) is 5.04. The Morgan fingerprint density at radius 3 is 1.86 bits per heavy atom. The molecule has 0 radical (unpaired) electrons. The Labute approximate surface area is 203 Å². The van der Waals surface area contributed by atoms with Crippen LogP contribution in [-0.4, -0.2) is 40.8 Å². The lowest BCUT2D eigenvalue weighted by atomic mass is 9.98. The summed E-state index contributed by atoms with van der Waals surface area (Å²) in [7, 11) is 0. The van der Waals surface area contributed by atoms with Gasteiger partial charge in [0.1, 0.15) is 19.3 Å². The molecule has 1 N–H and O–H groups in total.